The molecule has 1 aliphatic heterocycles. The Balaban J connectivity index is 1.61. The molecule has 3 N–H and O–H groups in total. The van der Waals surface area contributed by atoms with E-state index in [9.17, 15) is 18.0 Å². The number of carbonyl (C=O) groups is 1. The highest BCUT2D eigenvalue weighted by Gasteiger charge is 2.35. The molecule has 3 aromatic rings. The van der Waals surface area contributed by atoms with E-state index in [4.69, 9.17) is 17.3 Å². The van der Waals surface area contributed by atoms with Crippen LogP contribution < -0.4 is 11.1 Å². The molecule has 31 heavy (non-hydrogen) atoms. The molecular weight excluding hydrogens is 433 g/mol. The van der Waals surface area contributed by atoms with E-state index in [1.807, 2.05) is 30.3 Å². The smallest absolute Gasteiger partial charge is 0.371 e. The lowest BCUT2D eigenvalue weighted by Crippen LogP contribution is -2.47. The zero-order valence-electron chi connectivity index (χ0n) is 16.3. The largest absolute Gasteiger partial charge is 0.434 e. The van der Waals surface area contributed by atoms with Gasteiger partial charge in [-0.1, -0.05) is 41.9 Å². The summed E-state index contributed by atoms with van der Waals surface area (Å²) in [5, 5.41) is 3.20. The van der Waals surface area contributed by atoms with Gasteiger partial charge in [-0.05, 0) is 17.9 Å². The van der Waals surface area contributed by atoms with Gasteiger partial charge in [-0.15, -0.1) is 0 Å². The summed E-state index contributed by atoms with van der Waals surface area (Å²) in [7, 11) is 0. The first kappa shape index (κ1) is 21.2. The van der Waals surface area contributed by atoms with Crippen molar-refractivity contribution in [2.24, 2.45) is 11.7 Å². The lowest BCUT2D eigenvalue weighted by Gasteiger charge is -2.38. The number of carbonyl (C=O) groups excluding carboxylic acids is 1. The molecule has 2 amide bonds. The summed E-state index contributed by atoms with van der Waals surface area (Å²) in [5.74, 6) is 0.326. The number of imidazole rings is 1. The molecule has 1 saturated heterocycles. The van der Waals surface area contributed by atoms with Gasteiger partial charge in [0.15, 0.2) is 5.69 Å². The molecule has 4 rings (SSSR count). The van der Waals surface area contributed by atoms with Crippen LogP contribution in [-0.2, 0) is 6.18 Å². The number of rotatable bonds is 4. The molecule has 1 fully saturated rings. The molecule has 0 bridgehead atoms. The van der Waals surface area contributed by atoms with E-state index in [2.05, 4.69) is 15.3 Å². The monoisotopic (exact) mass is 452 g/mol. The lowest BCUT2D eigenvalue weighted by atomic mass is 9.80. The molecule has 3 heterocycles. The first-order chi connectivity index (χ1) is 14.7. The number of primary amides is 1. The van der Waals surface area contributed by atoms with Crippen LogP contribution in [0.25, 0.3) is 5.78 Å². The van der Waals surface area contributed by atoms with Crippen molar-refractivity contribution in [3.05, 3.63) is 59.0 Å². The number of hydrogen-bond donors (Lipinski definition) is 2. The summed E-state index contributed by atoms with van der Waals surface area (Å²) in [6.45, 7) is 1.37. The van der Waals surface area contributed by atoms with Gasteiger partial charge in [-0.3, -0.25) is 4.40 Å². The first-order valence-electron chi connectivity index (χ1n) is 9.68. The molecule has 1 aliphatic rings. The Morgan fingerprint density at radius 1 is 1.26 bits per heavy atom. The Bertz CT molecular complexity index is 1090. The van der Waals surface area contributed by atoms with Gasteiger partial charge in [0, 0.05) is 37.8 Å². The van der Waals surface area contributed by atoms with Gasteiger partial charge < -0.3 is 16.0 Å². The third-order valence-electron chi connectivity index (χ3n) is 5.52. The number of halogens is 4. The number of aromatic nitrogens is 3. The maximum absolute atomic E-state index is 13.1. The average Bonchev–Trinajstić information content (AvgIpc) is 3.17. The van der Waals surface area contributed by atoms with Crippen LogP contribution in [-0.4, -0.2) is 44.9 Å². The van der Waals surface area contributed by atoms with Gasteiger partial charge in [0.2, 0.25) is 5.78 Å². The number of alkyl halides is 3. The van der Waals surface area contributed by atoms with Crippen molar-refractivity contribution in [1.29, 1.82) is 0 Å². The Morgan fingerprint density at radius 3 is 2.68 bits per heavy atom. The SMILES string of the molecule is NC(=O)N1CCC(c2ccccc2)C(CNc2cc(Cl)nc3nc(C(F)(F)F)cn23)C1. The molecule has 164 valence electrons. The first-order valence-corrected chi connectivity index (χ1v) is 10.1. The van der Waals surface area contributed by atoms with Gasteiger partial charge in [0.05, 0.1) is 0 Å². The van der Waals surface area contributed by atoms with E-state index >= 15 is 0 Å². The minimum atomic E-state index is -4.60. The quantitative estimate of drug-likeness (QED) is 0.586. The van der Waals surface area contributed by atoms with Crippen LogP contribution >= 0.6 is 11.6 Å². The molecule has 1 aromatic carbocycles. The van der Waals surface area contributed by atoms with Crippen molar-refractivity contribution in [3.63, 3.8) is 0 Å². The third-order valence-corrected chi connectivity index (χ3v) is 5.71. The number of benzene rings is 1. The normalized spacial score (nSPS) is 19.5. The Labute approximate surface area is 181 Å². The Hall–Kier alpha value is -3.01. The molecule has 7 nitrogen and oxygen atoms in total. The molecule has 2 aromatic heterocycles. The Kier molecular flexibility index (Phi) is 5.65. The second kappa shape index (κ2) is 8.26. The molecule has 11 heteroatoms. The zero-order valence-corrected chi connectivity index (χ0v) is 17.1. The summed E-state index contributed by atoms with van der Waals surface area (Å²) in [4.78, 5) is 20.7. The minimum absolute atomic E-state index is 0.0174. The molecule has 2 unspecified atom stereocenters. The third kappa shape index (κ3) is 4.53. The molecule has 0 radical (unpaired) electrons. The summed E-state index contributed by atoms with van der Waals surface area (Å²) >= 11 is 6.00. The molecule has 0 aliphatic carbocycles. The second-order valence-corrected chi connectivity index (χ2v) is 7.88. The van der Waals surface area contributed by atoms with Gasteiger partial charge in [-0.2, -0.15) is 13.2 Å². The number of anilines is 1. The van der Waals surface area contributed by atoms with Gasteiger partial charge in [0.25, 0.3) is 0 Å². The number of nitrogens with two attached hydrogens (primary N) is 1. The van der Waals surface area contributed by atoms with Crippen LogP contribution in [0.1, 0.15) is 23.6 Å². The fourth-order valence-electron chi connectivity index (χ4n) is 4.02. The van der Waals surface area contributed by atoms with Gasteiger partial charge in [0.1, 0.15) is 11.0 Å². The Morgan fingerprint density at radius 2 is 2.00 bits per heavy atom. The molecular formula is C20H20ClF3N6O. The van der Waals surface area contributed by atoms with Crippen molar-refractivity contribution in [1.82, 2.24) is 19.3 Å². The zero-order chi connectivity index (χ0) is 22.2. The fraction of sp³-hybridized carbons (Fsp3) is 0.350. The summed E-state index contributed by atoms with van der Waals surface area (Å²) < 4.78 is 40.5. The predicted molar refractivity (Wildman–Crippen MR) is 110 cm³/mol. The van der Waals surface area contributed by atoms with Crippen LogP contribution in [0.15, 0.2) is 42.6 Å². The number of piperidine rings is 1. The highest BCUT2D eigenvalue weighted by molar-refractivity contribution is 6.29. The highest BCUT2D eigenvalue weighted by atomic mass is 35.5. The number of likely N-dealkylation sites (tertiary alicyclic amines) is 1. The standard InChI is InChI=1S/C20H20ClF3N6O/c21-16-8-17(30-11-15(20(22,23)24)27-19(30)28-16)26-9-13-10-29(18(25)31)7-6-14(13)12-4-2-1-3-5-12/h1-5,8,11,13-14,26H,6-7,9-10H2,(H2,25,31). The van der Waals surface area contributed by atoms with Crippen molar-refractivity contribution in [2.75, 3.05) is 25.0 Å². The lowest BCUT2D eigenvalue weighted by molar-refractivity contribution is -0.140. The predicted octanol–water partition coefficient (Wildman–Crippen LogP) is 4.00. The average molecular weight is 453 g/mol. The second-order valence-electron chi connectivity index (χ2n) is 7.49. The molecule has 0 spiro atoms. The number of fused-ring (bicyclic) bond motifs is 1. The van der Waals surface area contributed by atoms with E-state index in [-0.39, 0.29) is 22.8 Å². The summed E-state index contributed by atoms with van der Waals surface area (Å²) in [6, 6.07) is 10.9. The van der Waals surface area contributed by atoms with E-state index < -0.39 is 17.9 Å². The number of urea groups is 1. The van der Waals surface area contributed by atoms with Crippen molar-refractivity contribution < 1.29 is 18.0 Å². The topological polar surface area (TPSA) is 88.5 Å². The summed E-state index contributed by atoms with van der Waals surface area (Å²) in [5.41, 5.74) is 5.57. The van der Waals surface area contributed by atoms with Gasteiger partial charge >= 0.3 is 12.2 Å². The molecule has 2 atom stereocenters. The van der Waals surface area contributed by atoms with E-state index in [0.29, 0.717) is 25.5 Å². The van der Waals surface area contributed by atoms with E-state index in [1.165, 1.54) is 10.5 Å². The maximum atomic E-state index is 13.1. The van der Waals surface area contributed by atoms with E-state index in [1.54, 1.807) is 4.90 Å². The van der Waals surface area contributed by atoms with Crippen LogP contribution in [0.2, 0.25) is 5.15 Å². The number of hydrogen-bond acceptors (Lipinski definition) is 4. The number of nitrogens with zero attached hydrogens (tertiary/aromatic N) is 4. The molecule has 0 saturated carbocycles. The van der Waals surface area contributed by atoms with Gasteiger partial charge in [-0.25, -0.2) is 14.8 Å². The van der Waals surface area contributed by atoms with Crippen LogP contribution in [0.3, 0.4) is 0 Å². The number of amides is 2. The maximum Gasteiger partial charge on any atom is 0.434 e. The van der Waals surface area contributed by atoms with Crippen LogP contribution in [0.4, 0.5) is 23.8 Å². The van der Waals surface area contributed by atoms with Crippen molar-refractivity contribution in [3.8, 4) is 0 Å². The van der Waals surface area contributed by atoms with Crippen molar-refractivity contribution in [2.45, 2.75) is 18.5 Å². The van der Waals surface area contributed by atoms with Crippen LogP contribution in [0.5, 0.6) is 0 Å². The highest BCUT2D eigenvalue weighted by Crippen LogP contribution is 2.34. The summed E-state index contributed by atoms with van der Waals surface area (Å²) in [6.07, 6.45) is -2.98. The van der Waals surface area contributed by atoms with E-state index in [0.717, 1.165) is 18.2 Å². The fourth-order valence-corrected chi connectivity index (χ4v) is 4.20. The van der Waals surface area contributed by atoms with Crippen molar-refractivity contribution >= 4 is 29.2 Å². The van der Waals surface area contributed by atoms with Crippen LogP contribution in [0, 0.1) is 5.92 Å². The minimum Gasteiger partial charge on any atom is -0.371 e. The number of nitrogens with one attached hydrogen (secondary N) is 1.